The minimum absolute atomic E-state index is 0.0456. The molecule has 1 aliphatic heterocycles. The van der Waals surface area contributed by atoms with Crippen LogP contribution in [0, 0.1) is 10.1 Å². The highest BCUT2D eigenvalue weighted by atomic mass is 79.9. The summed E-state index contributed by atoms with van der Waals surface area (Å²) in [4.78, 5) is 23.5. The lowest BCUT2D eigenvalue weighted by molar-refractivity contribution is -0.384. The van der Waals surface area contributed by atoms with Crippen molar-refractivity contribution in [3.63, 3.8) is 0 Å². The highest BCUT2D eigenvalue weighted by Gasteiger charge is 2.35. The Morgan fingerprint density at radius 1 is 1.21 bits per heavy atom. The van der Waals surface area contributed by atoms with Crippen molar-refractivity contribution in [1.82, 2.24) is 5.32 Å². The number of ether oxygens (including phenoxy) is 1. The van der Waals surface area contributed by atoms with E-state index in [1.807, 2.05) is 12.1 Å². The number of nitrogens with zero attached hydrogens (tertiary/aromatic N) is 1. The lowest BCUT2D eigenvalue weighted by Crippen LogP contribution is -2.45. The molecule has 1 amide bonds. The first kappa shape index (κ1) is 20.8. The van der Waals surface area contributed by atoms with Gasteiger partial charge < -0.3 is 10.1 Å². The van der Waals surface area contributed by atoms with E-state index >= 15 is 0 Å². The summed E-state index contributed by atoms with van der Waals surface area (Å²) in [6.07, 6.45) is 1.72. The smallest absolute Gasteiger partial charge is 0.269 e. The Morgan fingerprint density at radius 3 is 2.57 bits per heavy atom. The van der Waals surface area contributed by atoms with Gasteiger partial charge in [-0.1, -0.05) is 28.1 Å². The number of nitrogens with one attached hydrogen (secondary N) is 1. The maximum atomic E-state index is 12.4. The third-order valence-corrected chi connectivity index (χ3v) is 6.43. The van der Waals surface area contributed by atoms with Gasteiger partial charge in [0.2, 0.25) is 5.91 Å². The number of non-ortho nitro benzene ring substituents is 1. The Labute approximate surface area is 176 Å². The van der Waals surface area contributed by atoms with Crippen LogP contribution in [0.25, 0.3) is 0 Å². The number of nitro benzene ring substituents is 1. The van der Waals surface area contributed by atoms with Crippen LogP contribution in [0.5, 0.6) is 0 Å². The van der Waals surface area contributed by atoms with Gasteiger partial charge in [0.05, 0.1) is 10.7 Å². The summed E-state index contributed by atoms with van der Waals surface area (Å²) in [5.74, 6) is 0.215. The van der Waals surface area contributed by atoms with Crippen molar-refractivity contribution in [1.29, 1.82) is 0 Å². The van der Waals surface area contributed by atoms with Gasteiger partial charge in [-0.15, -0.1) is 11.8 Å². The summed E-state index contributed by atoms with van der Waals surface area (Å²) in [6, 6.07) is 14.5. The van der Waals surface area contributed by atoms with E-state index in [0.717, 1.165) is 22.2 Å². The number of thioether (sulfide) groups is 1. The SMILES string of the molecule is O=C(CSc1ccc([N+](=O)[O-])cc1)NCC1(c2cccc(Br)c2)CCOCC1. The lowest BCUT2D eigenvalue weighted by atomic mass is 9.74. The zero-order chi connectivity index (χ0) is 20.0. The van der Waals surface area contributed by atoms with Crippen molar-refractivity contribution in [3.05, 3.63) is 68.7 Å². The molecule has 0 radical (unpaired) electrons. The fourth-order valence-electron chi connectivity index (χ4n) is 3.28. The summed E-state index contributed by atoms with van der Waals surface area (Å²) in [7, 11) is 0. The van der Waals surface area contributed by atoms with Gasteiger partial charge in [0.1, 0.15) is 0 Å². The predicted molar refractivity (Wildman–Crippen MR) is 113 cm³/mol. The van der Waals surface area contributed by atoms with Crippen LogP contribution in [-0.2, 0) is 14.9 Å². The van der Waals surface area contributed by atoms with Gasteiger partial charge in [-0.2, -0.15) is 0 Å². The van der Waals surface area contributed by atoms with E-state index in [1.54, 1.807) is 12.1 Å². The summed E-state index contributed by atoms with van der Waals surface area (Å²) < 4.78 is 6.56. The molecule has 1 heterocycles. The van der Waals surface area contributed by atoms with Gasteiger partial charge in [0, 0.05) is 46.7 Å². The molecule has 1 aliphatic rings. The predicted octanol–water partition coefficient (Wildman–Crippen LogP) is 4.31. The van der Waals surface area contributed by atoms with E-state index in [9.17, 15) is 14.9 Å². The highest BCUT2D eigenvalue weighted by Crippen LogP contribution is 2.35. The lowest BCUT2D eigenvalue weighted by Gasteiger charge is -2.38. The molecule has 2 aromatic carbocycles. The van der Waals surface area contributed by atoms with Crippen LogP contribution in [0.4, 0.5) is 5.69 Å². The maximum Gasteiger partial charge on any atom is 0.269 e. The van der Waals surface area contributed by atoms with Gasteiger partial charge in [0.25, 0.3) is 5.69 Å². The van der Waals surface area contributed by atoms with Crippen LogP contribution in [0.2, 0.25) is 0 Å². The number of amides is 1. The van der Waals surface area contributed by atoms with E-state index in [2.05, 4.69) is 33.4 Å². The van der Waals surface area contributed by atoms with E-state index in [4.69, 9.17) is 4.74 Å². The molecule has 0 aromatic heterocycles. The second-order valence-electron chi connectivity index (χ2n) is 6.72. The van der Waals surface area contributed by atoms with Crippen molar-refractivity contribution < 1.29 is 14.5 Å². The first-order valence-electron chi connectivity index (χ1n) is 8.96. The molecular formula is C20H21BrN2O4S. The van der Waals surface area contributed by atoms with E-state index in [-0.39, 0.29) is 22.8 Å². The molecule has 1 saturated heterocycles. The topological polar surface area (TPSA) is 81.5 Å². The molecule has 3 rings (SSSR count). The summed E-state index contributed by atoms with van der Waals surface area (Å²) >= 11 is 4.90. The Bertz CT molecular complexity index is 838. The molecule has 0 aliphatic carbocycles. The average Bonchev–Trinajstić information content (AvgIpc) is 2.72. The molecular weight excluding hydrogens is 444 g/mol. The van der Waals surface area contributed by atoms with Crippen LogP contribution in [-0.4, -0.2) is 36.3 Å². The Morgan fingerprint density at radius 2 is 1.93 bits per heavy atom. The molecule has 0 bridgehead atoms. The van der Waals surface area contributed by atoms with Gasteiger partial charge in [0.15, 0.2) is 0 Å². The molecule has 148 valence electrons. The van der Waals surface area contributed by atoms with Gasteiger partial charge in [-0.3, -0.25) is 14.9 Å². The fraction of sp³-hybridized carbons (Fsp3) is 0.350. The minimum atomic E-state index is -0.434. The first-order chi connectivity index (χ1) is 13.5. The second-order valence-corrected chi connectivity index (χ2v) is 8.68. The number of carbonyl (C=O) groups is 1. The summed E-state index contributed by atoms with van der Waals surface area (Å²) in [6.45, 7) is 1.92. The van der Waals surface area contributed by atoms with E-state index in [0.29, 0.717) is 19.8 Å². The van der Waals surface area contributed by atoms with Crippen LogP contribution in [0.15, 0.2) is 57.9 Å². The number of benzene rings is 2. The van der Waals surface area contributed by atoms with E-state index in [1.165, 1.54) is 29.5 Å². The maximum absolute atomic E-state index is 12.4. The monoisotopic (exact) mass is 464 g/mol. The third kappa shape index (κ3) is 5.33. The standard InChI is InChI=1S/C20H21BrN2O4S/c21-16-3-1-2-15(12-16)20(8-10-27-11-9-20)14-22-19(24)13-28-18-6-4-17(5-7-18)23(25)26/h1-7,12H,8-11,13-14H2,(H,22,24). The zero-order valence-corrected chi connectivity index (χ0v) is 17.6. The number of halogens is 1. The second kappa shape index (κ2) is 9.54. The van der Waals surface area contributed by atoms with Gasteiger partial charge in [-0.05, 0) is 42.7 Å². The number of hydrogen-bond donors (Lipinski definition) is 1. The number of carbonyl (C=O) groups excluding carboxylic acids is 1. The normalized spacial score (nSPS) is 15.8. The van der Waals surface area contributed by atoms with Crippen molar-refractivity contribution in [3.8, 4) is 0 Å². The van der Waals surface area contributed by atoms with Crippen molar-refractivity contribution >= 4 is 39.3 Å². The van der Waals surface area contributed by atoms with Crippen LogP contribution in [0.1, 0.15) is 18.4 Å². The van der Waals surface area contributed by atoms with Gasteiger partial charge >= 0.3 is 0 Å². The van der Waals surface area contributed by atoms with E-state index < -0.39 is 4.92 Å². The van der Waals surface area contributed by atoms with Crippen molar-refractivity contribution in [2.24, 2.45) is 0 Å². The quantitative estimate of drug-likeness (QED) is 0.374. The summed E-state index contributed by atoms with van der Waals surface area (Å²) in [5.41, 5.74) is 1.12. The molecule has 0 spiro atoms. The largest absolute Gasteiger partial charge is 0.381 e. The zero-order valence-electron chi connectivity index (χ0n) is 15.2. The molecule has 6 nitrogen and oxygen atoms in total. The van der Waals surface area contributed by atoms with Gasteiger partial charge in [-0.25, -0.2) is 0 Å². The Balaban J connectivity index is 1.58. The molecule has 0 saturated carbocycles. The Hall–Kier alpha value is -1.90. The number of rotatable bonds is 7. The van der Waals surface area contributed by atoms with Crippen molar-refractivity contribution in [2.75, 3.05) is 25.5 Å². The van der Waals surface area contributed by atoms with Crippen molar-refractivity contribution in [2.45, 2.75) is 23.2 Å². The highest BCUT2D eigenvalue weighted by molar-refractivity contribution is 9.10. The number of nitro groups is 1. The molecule has 0 unspecified atom stereocenters. The molecule has 2 aromatic rings. The molecule has 8 heteroatoms. The third-order valence-electron chi connectivity index (χ3n) is 4.93. The molecule has 1 fully saturated rings. The summed E-state index contributed by atoms with van der Waals surface area (Å²) in [5, 5.41) is 13.8. The van der Waals surface area contributed by atoms with Crippen LogP contribution >= 0.6 is 27.7 Å². The molecule has 28 heavy (non-hydrogen) atoms. The minimum Gasteiger partial charge on any atom is -0.381 e. The van der Waals surface area contributed by atoms with Crippen LogP contribution < -0.4 is 5.32 Å². The molecule has 0 atom stereocenters. The first-order valence-corrected chi connectivity index (χ1v) is 10.7. The van der Waals surface area contributed by atoms with Crippen LogP contribution in [0.3, 0.4) is 0 Å². The fourth-order valence-corrected chi connectivity index (χ4v) is 4.41. The molecule has 1 N–H and O–H groups in total. The number of hydrogen-bond acceptors (Lipinski definition) is 5. The Kier molecular flexibility index (Phi) is 7.09. The average molecular weight is 465 g/mol.